The highest BCUT2D eigenvalue weighted by Crippen LogP contribution is 2.14. The van der Waals surface area contributed by atoms with E-state index in [4.69, 9.17) is 4.42 Å². The van der Waals surface area contributed by atoms with Crippen molar-refractivity contribution in [3.8, 4) is 0 Å². The molecule has 0 aliphatic carbocycles. The molecule has 94 valence electrons. The molecule has 4 nitrogen and oxygen atoms in total. The van der Waals surface area contributed by atoms with E-state index in [1.807, 2.05) is 0 Å². The molecule has 1 fully saturated rings. The van der Waals surface area contributed by atoms with Crippen molar-refractivity contribution in [1.82, 2.24) is 10.2 Å². The number of likely N-dealkylation sites (tertiary alicyclic amines) is 1. The zero-order valence-corrected chi connectivity index (χ0v) is 11.5. The third-order valence-electron chi connectivity index (χ3n) is 3.12. The topological polar surface area (TPSA) is 45.5 Å². The van der Waals surface area contributed by atoms with Gasteiger partial charge in [-0.05, 0) is 60.9 Å². The van der Waals surface area contributed by atoms with Gasteiger partial charge in [-0.3, -0.25) is 9.69 Å². The molecule has 17 heavy (non-hydrogen) atoms. The van der Waals surface area contributed by atoms with Crippen LogP contribution < -0.4 is 5.32 Å². The van der Waals surface area contributed by atoms with Crippen molar-refractivity contribution < 1.29 is 9.21 Å². The highest BCUT2D eigenvalue weighted by atomic mass is 79.9. The van der Waals surface area contributed by atoms with Gasteiger partial charge in [-0.25, -0.2) is 0 Å². The summed E-state index contributed by atoms with van der Waals surface area (Å²) < 4.78 is 5.77. The molecule has 1 N–H and O–H groups in total. The highest BCUT2D eigenvalue weighted by molar-refractivity contribution is 9.10. The minimum atomic E-state index is -0.151. The third-order valence-corrected chi connectivity index (χ3v) is 3.55. The molecule has 0 saturated carbocycles. The Balaban J connectivity index is 1.79. The molecule has 1 aromatic rings. The second-order valence-electron chi connectivity index (χ2n) is 4.41. The van der Waals surface area contributed by atoms with Crippen molar-refractivity contribution >= 4 is 21.8 Å². The largest absolute Gasteiger partial charge is 0.444 e. The Labute approximate surface area is 109 Å². The van der Waals surface area contributed by atoms with Crippen molar-refractivity contribution in [2.75, 3.05) is 19.6 Å². The zero-order valence-electron chi connectivity index (χ0n) is 9.91. The average molecular weight is 301 g/mol. The lowest BCUT2D eigenvalue weighted by Gasteiger charge is -2.23. The summed E-state index contributed by atoms with van der Waals surface area (Å²) in [6, 6.07) is 3.78. The minimum Gasteiger partial charge on any atom is -0.444 e. The summed E-state index contributed by atoms with van der Waals surface area (Å²) in [5, 5.41) is 2.89. The van der Waals surface area contributed by atoms with Crippen molar-refractivity contribution in [2.45, 2.75) is 25.8 Å². The molecule has 1 unspecified atom stereocenters. The van der Waals surface area contributed by atoms with Crippen LogP contribution in [0.3, 0.4) is 0 Å². The summed E-state index contributed by atoms with van der Waals surface area (Å²) in [5.41, 5.74) is 0. The number of rotatable bonds is 4. The average Bonchev–Trinajstić information content (AvgIpc) is 2.95. The zero-order chi connectivity index (χ0) is 12.3. The van der Waals surface area contributed by atoms with Gasteiger partial charge in [-0.15, -0.1) is 0 Å². The second kappa shape index (κ2) is 5.69. The van der Waals surface area contributed by atoms with Gasteiger partial charge in [0.1, 0.15) is 0 Å². The molecule has 1 aromatic heterocycles. The van der Waals surface area contributed by atoms with Gasteiger partial charge < -0.3 is 9.73 Å². The Bertz CT molecular complexity index is 386. The molecule has 1 atom stereocenters. The summed E-state index contributed by atoms with van der Waals surface area (Å²) in [6.07, 6.45) is 2.53. The Kier molecular flexibility index (Phi) is 4.23. The highest BCUT2D eigenvalue weighted by Gasteiger charge is 2.19. The lowest BCUT2D eigenvalue weighted by Crippen LogP contribution is -2.40. The summed E-state index contributed by atoms with van der Waals surface area (Å²) >= 11 is 3.18. The number of halogens is 1. The quantitative estimate of drug-likeness (QED) is 0.928. The van der Waals surface area contributed by atoms with Gasteiger partial charge in [0.05, 0.1) is 0 Å². The molecule has 1 aliphatic heterocycles. The molecule has 0 spiro atoms. The summed E-state index contributed by atoms with van der Waals surface area (Å²) in [5.74, 6) is 0.201. The number of nitrogens with one attached hydrogen (secondary N) is 1. The van der Waals surface area contributed by atoms with Crippen LogP contribution in [0.2, 0.25) is 0 Å². The maximum absolute atomic E-state index is 11.7. The lowest BCUT2D eigenvalue weighted by molar-refractivity contribution is 0.0911. The molecule has 0 aromatic carbocycles. The lowest BCUT2D eigenvalue weighted by atomic mass is 10.3. The van der Waals surface area contributed by atoms with Crippen molar-refractivity contribution in [3.63, 3.8) is 0 Å². The van der Waals surface area contributed by atoms with Crippen LogP contribution in [-0.4, -0.2) is 36.5 Å². The van der Waals surface area contributed by atoms with E-state index >= 15 is 0 Å². The van der Waals surface area contributed by atoms with Gasteiger partial charge >= 0.3 is 0 Å². The Morgan fingerprint density at radius 1 is 1.53 bits per heavy atom. The molecule has 2 heterocycles. The maximum atomic E-state index is 11.7. The Morgan fingerprint density at radius 2 is 2.24 bits per heavy atom. The van der Waals surface area contributed by atoms with E-state index in [9.17, 15) is 4.79 Å². The molecule has 0 radical (unpaired) electrons. The summed E-state index contributed by atoms with van der Waals surface area (Å²) in [6.45, 7) is 5.09. The SMILES string of the molecule is CC(CNC(=O)c1ccc(Br)o1)N1CCCC1. The van der Waals surface area contributed by atoms with Crippen LogP contribution in [0.5, 0.6) is 0 Å². The van der Waals surface area contributed by atoms with Crippen LogP contribution in [0.1, 0.15) is 30.3 Å². The van der Waals surface area contributed by atoms with Crippen LogP contribution in [0, 0.1) is 0 Å². The van der Waals surface area contributed by atoms with Gasteiger partial charge in [0.2, 0.25) is 0 Å². The molecular weight excluding hydrogens is 284 g/mol. The first-order chi connectivity index (χ1) is 8.16. The van der Waals surface area contributed by atoms with E-state index in [2.05, 4.69) is 33.1 Å². The third kappa shape index (κ3) is 3.33. The van der Waals surface area contributed by atoms with E-state index in [-0.39, 0.29) is 5.91 Å². The van der Waals surface area contributed by atoms with E-state index < -0.39 is 0 Å². The van der Waals surface area contributed by atoms with Crippen LogP contribution in [-0.2, 0) is 0 Å². The predicted molar refractivity (Wildman–Crippen MR) is 69.0 cm³/mol. The van der Waals surface area contributed by atoms with E-state index in [1.54, 1.807) is 12.1 Å². The standard InChI is InChI=1S/C12H17BrN2O2/c1-9(15-6-2-3-7-15)8-14-12(16)10-4-5-11(13)17-10/h4-5,9H,2-3,6-8H2,1H3,(H,14,16). The first kappa shape index (κ1) is 12.6. The summed E-state index contributed by atoms with van der Waals surface area (Å²) in [7, 11) is 0. The summed E-state index contributed by atoms with van der Waals surface area (Å²) in [4.78, 5) is 14.1. The molecule has 1 amide bonds. The van der Waals surface area contributed by atoms with Crippen molar-refractivity contribution in [3.05, 3.63) is 22.6 Å². The molecule has 0 bridgehead atoms. The predicted octanol–water partition coefficient (Wildman–Crippen LogP) is 2.26. The molecule has 1 aliphatic rings. The van der Waals surface area contributed by atoms with Crippen LogP contribution in [0.4, 0.5) is 0 Å². The second-order valence-corrected chi connectivity index (χ2v) is 5.19. The fourth-order valence-corrected chi connectivity index (χ4v) is 2.38. The van der Waals surface area contributed by atoms with E-state index in [0.29, 0.717) is 23.0 Å². The molecular formula is C12H17BrN2O2. The van der Waals surface area contributed by atoms with Crippen LogP contribution >= 0.6 is 15.9 Å². The van der Waals surface area contributed by atoms with E-state index in [0.717, 1.165) is 13.1 Å². The first-order valence-corrected chi connectivity index (χ1v) is 6.73. The number of amides is 1. The number of hydrogen-bond acceptors (Lipinski definition) is 3. The van der Waals surface area contributed by atoms with Crippen LogP contribution in [0.15, 0.2) is 21.2 Å². The number of carbonyl (C=O) groups excluding carboxylic acids is 1. The maximum Gasteiger partial charge on any atom is 0.287 e. The molecule has 5 heteroatoms. The van der Waals surface area contributed by atoms with Crippen molar-refractivity contribution in [2.24, 2.45) is 0 Å². The Hall–Kier alpha value is -0.810. The number of hydrogen-bond donors (Lipinski definition) is 1. The van der Waals surface area contributed by atoms with Gasteiger partial charge in [0.25, 0.3) is 5.91 Å². The molecule has 2 rings (SSSR count). The number of nitrogens with zero attached hydrogens (tertiary/aromatic N) is 1. The van der Waals surface area contributed by atoms with E-state index in [1.165, 1.54) is 12.8 Å². The van der Waals surface area contributed by atoms with Gasteiger partial charge in [0.15, 0.2) is 10.4 Å². The number of carbonyl (C=O) groups is 1. The van der Waals surface area contributed by atoms with Gasteiger partial charge in [-0.1, -0.05) is 0 Å². The van der Waals surface area contributed by atoms with Gasteiger partial charge in [-0.2, -0.15) is 0 Å². The van der Waals surface area contributed by atoms with Crippen LogP contribution in [0.25, 0.3) is 0 Å². The Morgan fingerprint density at radius 3 is 2.82 bits per heavy atom. The normalized spacial score (nSPS) is 18.2. The minimum absolute atomic E-state index is 0.151. The monoisotopic (exact) mass is 300 g/mol. The smallest absolute Gasteiger partial charge is 0.287 e. The van der Waals surface area contributed by atoms with Gasteiger partial charge in [0, 0.05) is 12.6 Å². The fraction of sp³-hybridized carbons (Fsp3) is 0.583. The number of furan rings is 1. The van der Waals surface area contributed by atoms with Crippen molar-refractivity contribution in [1.29, 1.82) is 0 Å². The fourth-order valence-electron chi connectivity index (χ4n) is 2.08. The molecule has 1 saturated heterocycles. The first-order valence-electron chi connectivity index (χ1n) is 5.94.